The molecular formula is C23H15ClO6. The number of rotatable bonds is 3. The number of esters is 2. The molecule has 4 aromatic rings. The average Bonchev–Trinajstić information content (AvgIpc) is 2.78. The first-order valence-electron chi connectivity index (χ1n) is 8.91. The first kappa shape index (κ1) is 19.7. The molecule has 0 saturated heterocycles. The third-order valence-corrected chi connectivity index (χ3v) is 5.02. The number of halogens is 1. The molecule has 7 heteroatoms. The van der Waals surface area contributed by atoms with E-state index < -0.39 is 11.9 Å². The van der Waals surface area contributed by atoms with Gasteiger partial charge in [0.1, 0.15) is 11.2 Å². The molecule has 0 N–H and O–H groups in total. The molecule has 0 aliphatic carbocycles. The van der Waals surface area contributed by atoms with E-state index in [1.165, 1.54) is 26.4 Å². The molecule has 0 saturated carbocycles. The smallest absolute Gasteiger partial charge is 0.339 e. The van der Waals surface area contributed by atoms with E-state index in [1.807, 2.05) is 0 Å². The van der Waals surface area contributed by atoms with Gasteiger partial charge in [-0.15, -0.1) is 0 Å². The number of fused-ring (bicyclic) bond motifs is 2. The van der Waals surface area contributed by atoms with Gasteiger partial charge in [0.2, 0.25) is 5.43 Å². The highest BCUT2D eigenvalue weighted by atomic mass is 35.5. The maximum absolute atomic E-state index is 13.5. The summed E-state index contributed by atoms with van der Waals surface area (Å²) in [6.45, 7) is 0. The van der Waals surface area contributed by atoms with Crippen LogP contribution < -0.4 is 5.43 Å². The predicted molar refractivity (Wildman–Crippen MR) is 113 cm³/mol. The summed E-state index contributed by atoms with van der Waals surface area (Å²) < 4.78 is 15.7. The van der Waals surface area contributed by atoms with E-state index in [-0.39, 0.29) is 38.5 Å². The van der Waals surface area contributed by atoms with Crippen LogP contribution in [0.25, 0.3) is 33.1 Å². The largest absolute Gasteiger partial charge is 0.465 e. The Morgan fingerprint density at radius 3 is 2.27 bits per heavy atom. The Morgan fingerprint density at radius 1 is 0.900 bits per heavy atom. The van der Waals surface area contributed by atoms with Crippen LogP contribution in [0.3, 0.4) is 0 Å². The number of hydrogen-bond acceptors (Lipinski definition) is 6. The molecule has 0 atom stereocenters. The van der Waals surface area contributed by atoms with E-state index in [0.29, 0.717) is 16.2 Å². The molecule has 0 unspecified atom stereocenters. The van der Waals surface area contributed by atoms with Gasteiger partial charge < -0.3 is 13.9 Å². The summed E-state index contributed by atoms with van der Waals surface area (Å²) in [6, 6.07) is 14.8. The van der Waals surface area contributed by atoms with Crippen LogP contribution in [0, 0.1) is 0 Å². The van der Waals surface area contributed by atoms with Gasteiger partial charge in [0.15, 0.2) is 0 Å². The molecule has 0 aliphatic heterocycles. The highest BCUT2D eigenvalue weighted by molar-refractivity contribution is 6.31. The van der Waals surface area contributed by atoms with Crippen LogP contribution in [0.1, 0.15) is 20.7 Å². The van der Waals surface area contributed by atoms with Crippen LogP contribution in [0.4, 0.5) is 0 Å². The van der Waals surface area contributed by atoms with Gasteiger partial charge in [-0.3, -0.25) is 4.79 Å². The summed E-state index contributed by atoms with van der Waals surface area (Å²) in [5.41, 5.74) is 0.704. The minimum Gasteiger partial charge on any atom is -0.465 e. The molecule has 0 aliphatic rings. The summed E-state index contributed by atoms with van der Waals surface area (Å²) in [6.07, 6.45) is 0. The molecule has 30 heavy (non-hydrogen) atoms. The van der Waals surface area contributed by atoms with Crippen LogP contribution in [-0.2, 0) is 9.47 Å². The number of benzene rings is 3. The standard InChI is InChI=1S/C23H15ClO6/c1-28-22(26)15-11-17-20(21(25)14-10-13(24)8-9-16(14)30-17)18(19(15)23(27)29-2)12-6-4-3-5-7-12/h3-11H,1-2H3. The van der Waals surface area contributed by atoms with Crippen molar-refractivity contribution in [1.82, 2.24) is 0 Å². The van der Waals surface area contributed by atoms with E-state index in [1.54, 1.807) is 42.5 Å². The van der Waals surface area contributed by atoms with E-state index in [4.69, 9.17) is 25.5 Å². The Bertz CT molecular complexity index is 1370. The van der Waals surface area contributed by atoms with E-state index >= 15 is 0 Å². The lowest BCUT2D eigenvalue weighted by Crippen LogP contribution is -2.16. The number of carbonyl (C=O) groups excluding carboxylic acids is 2. The topological polar surface area (TPSA) is 82.8 Å². The van der Waals surface area contributed by atoms with Crippen molar-refractivity contribution < 1.29 is 23.5 Å². The molecule has 1 heterocycles. The molecule has 0 fully saturated rings. The van der Waals surface area contributed by atoms with Crippen molar-refractivity contribution in [3.05, 3.63) is 81.0 Å². The van der Waals surface area contributed by atoms with Crippen molar-refractivity contribution in [3.63, 3.8) is 0 Å². The summed E-state index contributed by atoms with van der Waals surface area (Å²) >= 11 is 6.07. The zero-order valence-corrected chi connectivity index (χ0v) is 16.8. The van der Waals surface area contributed by atoms with Crippen LogP contribution >= 0.6 is 11.6 Å². The first-order valence-corrected chi connectivity index (χ1v) is 9.29. The van der Waals surface area contributed by atoms with Crippen LogP contribution in [0.5, 0.6) is 0 Å². The molecule has 150 valence electrons. The molecular weight excluding hydrogens is 408 g/mol. The Labute approximate surface area is 175 Å². The molecule has 4 rings (SSSR count). The second-order valence-corrected chi connectivity index (χ2v) is 6.90. The Morgan fingerprint density at radius 2 is 1.60 bits per heavy atom. The minimum atomic E-state index is -0.776. The minimum absolute atomic E-state index is 0.0628. The lowest BCUT2D eigenvalue weighted by Gasteiger charge is -2.15. The highest BCUT2D eigenvalue weighted by Gasteiger charge is 2.28. The van der Waals surface area contributed by atoms with Crippen LogP contribution in [-0.4, -0.2) is 26.2 Å². The van der Waals surface area contributed by atoms with Crippen molar-refractivity contribution >= 4 is 45.5 Å². The lowest BCUT2D eigenvalue weighted by molar-refractivity contribution is 0.0556. The Kier molecular flexibility index (Phi) is 5.01. The van der Waals surface area contributed by atoms with Crippen LogP contribution in [0.15, 0.2) is 63.8 Å². The van der Waals surface area contributed by atoms with E-state index in [9.17, 15) is 14.4 Å². The quantitative estimate of drug-likeness (QED) is 0.347. The zero-order valence-electron chi connectivity index (χ0n) is 16.0. The Balaban J connectivity index is 2.30. The number of hydrogen-bond donors (Lipinski definition) is 0. The number of methoxy groups -OCH3 is 2. The van der Waals surface area contributed by atoms with Crippen molar-refractivity contribution in [2.75, 3.05) is 14.2 Å². The fraction of sp³-hybridized carbons (Fsp3) is 0.0870. The van der Waals surface area contributed by atoms with Gasteiger partial charge in [0.05, 0.1) is 36.1 Å². The second kappa shape index (κ2) is 7.65. The molecule has 0 amide bonds. The third-order valence-electron chi connectivity index (χ3n) is 4.78. The summed E-state index contributed by atoms with van der Waals surface area (Å²) in [5.74, 6) is -1.53. The fourth-order valence-corrected chi connectivity index (χ4v) is 3.64. The fourth-order valence-electron chi connectivity index (χ4n) is 3.46. The second-order valence-electron chi connectivity index (χ2n) is 6.47. The summed E-state index contributed by atoms with van der Waals surface area (Å²) in [5, 5.41) is 0.771. The maximum Gasteiger partial charge on any atom is 0.339 e. The molecule has 0 bridgehead atoms. The summed E-state index contributed by atoms with van der Waals surface area (Å²) in [4.78, 5) is 38.7. The Hall–Kier alpha value is -3.64. The van der Waals surface area contributed by atoms with Gasteiger partial charge in [-0.2, -0.15) is 0 Å². The van der Waals surface area contributed by atoms with Gasteiger partial charge in [-0.1, -0.05) is 41.9 Å². The lowest BCUT2D eigenvalue weighted by atomic mass is 9.91. The predicted octanol–water partition coefficient (Wildman–Crippen LogP) is 4.84. The van der Waals surface area contributed by atoms with Gasteiger partial charge >= 0.3 is 11.9 Å². The number of carbonyl (C=O) groups is 2. The van der Waals surface area contributed by atoms with Crippen molar-refractivity contribution in [2.24, 2.45) is 0 Å². The normalized spacial score (nSPS) is 10.9. The van der Waals surface area contributed by atoms with Crippen molar-refractivity contribution in [1.29, 1.82) is 0 Å². The van der Waals surface area contributed by atoms with Crippen LogP contribution in [0.2, 0.25) is 5.02 Å². The van der Waals surface area contributed by atoms with Crippen molar-refractivity contribution in [3.8, 4) is 11.1 Å². The molecule has 6 nitrogen and oxygen atoms in total. The molecule has 0 radical (unpaired) electrons. The van der Waals surface area contributed by atoms with E-state index in [2.05, 4.69) is 0 Å². The average molecular weight is 423 g/mol. The maximum atomic E-state index is 13.5. The van der Waals surface area contributed by atoms with Gasteiger partial charge in [0, 0.05) is 10.6 Å². The third kappa shape index (κ3) is 3.11. The number of ether oxygens (including phenoxy) is 2. The van der Waals surface area contributed by atoms with E-state index in [0.717, 1.165) is 0 Å². The monoisotopic (exact) mass is 422 g/mol. The van der Waals surface area contributed by atoms with Gasteiger partial charge in [0.25, 0.3) is 0 Å². The molecule has 3 aromatic carbocycles. The summed E-state index contributed by atoms with van der Waals surface area (Å²) in [7, 11) is 2.40. The van der Waals surface area contributed by atoms with Gasteiger partial charge in [-0.25, -0.2) is 9.59 Å². The molecule has 1 aromatic heterocycles. The SMILES string of the molecule is COC(=O)c1cc2oc3ccc(Cl)cc3c(=O)c2c(-c2ccccc2)c1C(=O)OC. The van der Waals surface area contributed by atoms with Crippen molar-refractivity contribution in [2.45, 2.75) is 0 Å². The highest BCUT2D eigenvalue weighted by Crippen LogP contribution is 2.35. The molecule has 0 spiro atoms. The van der Waals surface area contributed by atoms with Gasteiger partial charge in [-0.05, 0) is 29.8 Å². The zero-order chi connectivity index (χ0) is 21.4. The first-order chi connectivity index (χ1) is 14.5.